The smallest absolute Gasteiger partial charge is 0.251 e. The first kappa shape index (κ1) is 22.3. The number of methoxy groups -OCH3 is 1. The first-order valence-electron chi connectivity index (χ1n) is 10.0. The number of amides is 1. The number of hydrogen-bond donors (Lipinski definition) is 1. The van der Waals surface area contributed by atoms with E-state index in [1.807, 2.05) is 43.3 Å². The van der Waals surface area contributed by atoms with Gasteiger partial charge in [0.25, 0.3) is 5.91 Å². The van der Waals surface area contributed by atoms with Crippen LogP contribution in [0.25, 0.3) is 0 Å². The number of sulfonamides is 1. The molecule has 2 aromatic rings. The van der Waals surface area contributed by atoms with Crippen LogP contribution in [0.5, 0.6) is 5.75 Å². The normalized spacial score (nSPS) is 15.9. The summed E-state index contributed by atoms with van der Waals surface area (Å²) in [4.78, 5) is 14.9. The molecule has 0 aromatic heterocycles. The number of benzene rings is 2. The molecule has 1 atom stereocenters. The molecule has 1 N–H and O–H groups in total. The Kier molecular flexibility index (Phi) is 7.12. The predicted octanol–water partition coefficient (Wildman–Crippen LogP) is 2.51. The van der Waals surface area contributed by atoms with Gasteiger partial charge in [-0.2, -0.15) is 4.31 Å². The second-order valence-electron chi connectivity index (χ2n) is 7.60. The van der Waals surface area contributed by atoms with Crippen LogP contribution in [0, 0.1) is 0 Å². The van der Waals surface area contributed by atoms with Gasteiger partial charge in [-0.15, -0.1) is 0 Å². The second-order valence-corrected chi connectivity index (χ2v) is 9.54. The van der Waals surface area contributed by atoms with Crippen molar-refractivity contribution >= 4 is 15.9 Å². The van der Waals surface area contributed by atoms with Crippen LogP contribution in [0.15, 0.2) is 53.4 Å². The highest BCUT2D eigenvalue weighted by molar-refractivity contribution is 7.89. The zero-order valence-corrected chi connectivity index (χ0v) is 18.5. The Morgan fingerprint density at radius 1 is 1.07 bits per heavy atom. The molecule has 162 valence electrons. The molecule has 0 aliphatic carbocycles. The minimum absolute atomic E-state index is 0.00493. The Labute approximate surface area is 178 Å². The van der Waals surface area contributed by atoms with Crippen LogP contribution in [0.1, 0.15) is 34.8 Å². The summed E-state index contributed by atoms with van der Waals surface area (Å²) in [6.45, 7) is 1.54. The van der Waals surface area contributed by atoms with Crippen molar-refractivity contribution in [3.63, 3.8) is 0 Å². The lowest BCUT2D eigenvalue weighted by molar-refractivity contribution is 0.0942. The molecule has 1 heterocycles. The predicted molar refractivity (Wildman–Crippen MR) is 116 cm³/mol. The number of rotatable bonds is 8. The van der Waals surface area contributed by atoms with Crippen molar-refractivity contribution < 1.29 is 17.9 Å². The molecule has 0 radical (unpaired) electrons. The van der Waals surface area contributed by atoms with Gasteiger partial charge in [-0.1, -0.05) is 12.1 Å². The summed E-state index contributed by atoms with van der Waals surface area (Å²) in [5.74, 6) is 0.546. The van der Waals surface area contributed by atoms with Crippen molar-refractivity contribution in [1.29, 1.82) is 0 Å². The van der Waals surface area contributed by atoms with Gasteiger partial charge in [0, 0.05) is 25.2 Å². The lowest BCUT2D eigenvalue weighted by Gasteiger charge is -2.25. The van der Waals surface area contributed by atoms with Gasteiger partial charge >= 0.3 is 0 Å². The van der Waals surface area contributed by atoms with Gasteiger partial charge in [0.05, 0.1) is 18.0 Å². The molecule has 1 fully saturated rings. The Hall–Kier alpha value is -2.42. The first-order valence-corrected chi connectivity index (χ1v) is 11.5. The lowest BCUT2D eigenvalue weighted by atomic mass is 10.1. The largest absolute Gasteiger partial charge is 0.497 e. The molecule has 3 rings (SSSR count). The molecule has 0 saturated carbocycles. The van der Waals surface area contributed by atoms with Crippen LogP contribution in [0.2, 0.25) is 0 Å². The van der Waals surface area contributed by atoms with E-state index in [2.05, 4.69) is 5.32 Å². The van der Waals surface area contributed by atoms with Crippen LogP contribution in [0.3, 0.4) is 0 Å². The van der Waals surface area contributed by atoms with E-state index in [1.54, 1.807) is 19.2 Å². The number of nitrogens with one attached hydrogen (secondary N) is 1. The maximum atomic E-state index is 12.6. The average Bonchev–Trinajstić information content (AvgIpc) is 3.30. The molecule has 0 spiro atoms. The van der Waals surface area contributed by atoms with Crippen LogP contribution >= 0.6 is 0 Å². The summed E-state index contributed by atoms with van der Waals surface area (Å²) in [5, 5.41) is 2.95. The Bertz CT molecular complexity index is 951. The van der Waals surface area contributed by atoms with E-state index in [9.17, 15) is 13.2 Å². The summed E-state index contributed by atoms with van der Waals surface area (Å²) >= 11 is 0. The molecule has 1 unspecified atom stereocenters. The lowest BCUT2D eigenvalue weighted by Crippen LogP contribution is -2.34. The molecule has 1 saturated heterocycles. The highest BCUT2D eigenvalue weighted by atomic mass is 32.2. The van der Waals surface area contributed by atoms with Crippen molar-refractivity contribution in [2.24, 2.45) is 0 Å². The first-order chi connectivity index (χ1) is 14.3. The Balaban J connectivity index is 1.65. The van der Waals surface area contributed by atoms with Crippen molar-refractivity contribution in [2.75, 3.05) is 40.8 Å². The molecule has 1 aliphatic heterocycles. The van der Waals surface area contributed by atoms with Crippen LogP contribution < -0.4 is 10.1 Å². The fourth-order valence-electron chi connectivity index (χ4n) is 3.57. The zero-order valence-electron chi connectivity index (χ0n) is 17.7. The topological polar surface area (TPSA) is 78.9 Å². The molecule has 8 heteroatoms. The standard InChI is InChI=1S/C22H29N3O4S/c1-24(2)21(17-6-10-19(29-3)11-7-17)16-23-22(26)18-8-12-20(13-9-18)30(27,28)25-14-4-5-15-25/h6-13,21H,4-5,14-16H2,1-3H3,(H,23,26). The molecule has 7 nitrogen and oxygen atoms in total. The summed E-state index contributed by atoms with van der Waals surface area (Å²) < 4.78 is 31.9. The fourth-order valence-corrected chi connectivity index (χ4v) is 5.09. The van der Waals surface area contributed by atoms with Crippen molar-refractivity contribution in [1.82, 2.24) is 14.5 Å². The maximum absolute atomic E-state index is 12.6. The molecule has 1 aliphatic rings. The third kappa shape index (κ3) is 5.00. The van der Waals surface area contributed by atoms with E-state index >= 15 is 0 Å². The van der Waals surface area contributed by atoms with E-state index in [1.165, 1.54) is 16.4 Å². The summed E-state index contributed by atoms with van der Waals surface area (Å²) in [6, 6.07) is 13.9. The monoisotopic (exact) mass is 431 g/mol. The van der Waals surface area contributed by atoms with Crippen LogP contribution in [-0.2, 0) is 10.0 Å². The Morgan fingerprint density at radius 3 is 2.20 bits per heavy atom. The summed E-state index contributed by atoms with van der Waals surface area (Å²) in [7, 11) is 2.06. The number of hydrogen-bond acceptors (Lipinski definition) is 5. The van der Waals surface area contributed by atoms with E-state index < -0.39 is 10.0 Å². The third-order valence-electron chi connectivity index (χ3n) is 5.40. The fraction of sp³-hybridized carbons (Fsp3) is 0.409. The quantitative estimate of drug-likeness (QED) is 0.695. The highest BCUT2D eigenvalue weighted by Gasteiger charge is 2.27. The minimum atomic E-state index is -3.48. The molecular formula is C22H29N3O4S. The van der Waals surface area contributed by atoms with Gasteiger partial charge in [-0.3, -0.25) is 4.79 Å². The van der Waals surface area contributed by atoms with Crippen LogP contribution in [-0.4, -0.2) is 64.4 Å². The minimum Gasteiger partial charge on any atom is -0.497 e. The number of carbonyl (C=O) groups is 1. The highest BCUT2D eigenvalue weighted by Crippen LogP contribution is 2.22. The number of carbonyl (C=O) groups excluding carboxylic acids is 1. The van der Waals surface area contributed by atoms with Crippen molar-refractivity contribution in [2.45, 2.75) is 23.8 Å². The van der Waals surface area contributed by atoms with E-state index in [0.29, 0.717) is 25.2 Å². The summed E-state index contributed by atoms with van der Waals surface area (Å²) in [5.41, 5.74) is 1.50. The Morgan fingerprint density at radius 2 is 1.67 bits per heavy atom. The van der Waals surface area contributed by atoms with Crippen molar-refractivity contribution in [3.8, 4) is 5.75 Å². The van der Waals surface area contributed by atoms with E-state index in [-0.39, 0.29) is 16.8 Å². The second kappa shape index (κ2) is 9.59. The molecule has 30 heavy (non-hydrogen) atoms. The van der Waals surface area contributed by atoms with E-state index in [0.717, 1.165) is 24.2 Å². The molecule has 0 bridgehead atoms. The van der Waals surface area contributed by atoms with Crippen LogP contribution in [0.4, 0.5) is 0 Å². The van der Waals surface area contributed by atoms with Gasteiger partial charge in [-0.25, -0.2) is 8.42 Å². The van der Waals surface area contributed by atoms with E-state index in [4.69, 9.17) is 4.74 Å². The SMILES string of the molecule is COc1ccc(C(CNC(=O)c2ccc(S(=O)(=O)N3CCCC3)cc2)N(C)C)cc1. The summed E-state index contributed by atoms with van der Waals surface area (Å²) in [6.07, 6.45) is 1.78. The zero-order chi connectivity index (χ0) is 21.7. The van der Waals surface area contributed by atoms with Gasteiger partial charge < -0.3 is 15.0 Å². The number of ether oxygens (including phenoxy) is 1. The average molecular weight is 432 g/mol. The molecule has 1 amide bonds. The third-order valence-corrected chi connectivity index (χ3v) is 7.31. The van der Waals surface area contributed by atoms with Crippen molar-refractivity contribution in [3.05, 3.63) is 59.7 Å². The van der Waals surface area contributed by atoms with Gasteiger partial charge in [0.2, 0.25) is 10.0 Å². The van der Waals surface area contributed by atoms with Gasteiger partial charge in [-0.05, 0) is 68.9 Å². The molecular weight excluding hydrogens is 402 g/mol. The van der Waals surface area contributed by atoms with Gasteiger partial charge in [0.15, 0.2) is 0 Å². The van der Waals surface area contributed by atoms with Gasteiger partial charge in [0.1, 0.15) is 5.75 Å². The molecule has 2 aromatic carbocycles. The maximum Gasteiger partial charge on any atom is 0.251 e. The number of likely N-dealkylation sites (N-methyl/N-ethyl adjacent to an activating group) is 1. The number of nitrogens with zero attached hydrogens (tertiary/aromatic N) is 2.